The molecule has 4 rings (SSSR count). The third-order valence-corrected chi connectivity index (χ3v) is 5.20. The van der Waals surface area contributed by atoms with Crippen molar-refractivity contribution in [2.45, 2.75) is 26.4 Å². The summed E-state index contributed by atoms with van der Waals surface area (Å²) in [5.41, 5.74) is 10.1. The van der Waals surface area contributed by atoms with Crippen LogP contribution in [0.4, 0.5) is 5.82 Å². The molecule has 0 radical (unpaired) electrons. The summed E-state index contributed by atoms with van der Waals surface area (Å²) in [4.78, 5) is 16.1. The number of carbonyl (C=O) groups excluding carboxylic acids is 1. The Bertz CT molecular complexity index is 1100. The predicted molar refractivity (Wildman–Crippen MR) is 115 cm³/mol. The molecule has 30 heavy (non-hydrogen) atoms. The number of anilines is 1. The Morgan fingerprint density at radius 1 is 1.37 bits per heavy atom. The second-order valence-corrected chi connectivity index (χ2v) is 7.59. The van der Waals surface area contributed by atoms with Crippen LogP contribution >= 0.6 is 11.6 Å². The van der Waals surface area contributed by atoms with E-state index in [0.717, 1.165) is 33.7 Å². The zero-order valence-corrected chi connectivity index (χ0v) is 17.4. The molecule has 0 bridgehead atoms. The number of fused-ring (bicyclic) bond motifs is 1. The summed E-state index contributed by atoms with van der Waals surface area (Å²) in [5.74, 6) is 1.63. The van der Waals surface area contributed by atoms with Gasteiger partial charge >= 0.3 is 0 Å². The van der Waals surface area contributed by atoms with Gasteiger partial charge in [-0.2, -0.15) is 0 Å². The monoisotopic (exact) mass is 424 g/mol. The van der Waals surface area contributed by atoms with Gasteiger partial charge in [0.15, 0.2) is 0 Å². The molecule has 0 saturated heterocycles. The van der Waals surface area contributed by atoms with E-state index in [4.69, 9.17) is 26.6 Å². The first-order chi connectivity index (χ1) is 14.4. The van der Waals surface area contributed by atoms with Crippen molar-refractivity contribution in [1.29, 1.82) is 0 Å². The van der Waals surface area contributed by atoms with Gasteiger partial charge in [0, 0.05) is 29.8 Å². The number of nitrogens with zero attached hydrogens (tertiary/aromatic N) is 2. The highest BCUT2D eigenvalue weighted by atomic mass is 35.5. The number of amides is 1. The number of aryl methyl sites for hydroxylation is 2. The fourth-order valence-electron chi connectivity index (χ4n) is 3.50. The van der Waals surface area contributed by atoms with Crippen LogP contribution in [-0.2, 0) is 11.2 Å². The van der Waals surface area contributed by atoms with Crippen molar-refractivity contribution < 1.29 is 14.1 Å². The molecule has 1 aromatic carbocycles. The molecule has 1 unspecified atom stereocenters. The number of nitrogens with one attached hydrogen (secondary N) is 1. The highest BCUT2D eigenvalue weighted by Gasteiger charge is 2.27. The van der Waals surface area contributed by atoms with Gasteiger partial charge in [-0.15, -0.1) is 0 Å². The quantitative estimate of drug-likeness (QED) is 0.605. The number of aromatic nitrogens is 2. The minimum absolute atomic E-state index is 0.187. The standard InChI is InChI=1S/C22H21ClN4O3/c1-12-21(13(2)30-27-12)15-7-16-8-17(29-22(16)18(23)9-15)11-26-20(28)6-4-14-3-5-19(24)25-10-14/h3-7,9-10,17H,8,11H2,1-2H3,(H2,24,25)(H,26,28). The van der Waals surface area contributed by atoms with Gasteiger partial charge in [-0.25, -0.2) is 4.98 Å². The minimum atomic E-state index is -0.214. The van der Waals surface area contributed by atoms with Crippen molar-refractivity contribution in [2.24, 2.45) is 0 Å². The van der Waals surface area contributed by atoms with Gasteiger partial charge in [-0.1, -0.05) is 16.8 Å². The first kappa shape index (κ1) is 20.0. The Morgan fingerprint density at radius 2 is 2.20 bits per heavy atom. The van der Waals surface area contributed by atoms with Gasteiger partial charge in [-0.3, -0.25) is 4.79 Å². The number of carbonyl (C=O) groups is 1. The number of rotatable bonds is 5. The lowest BCUT2D eigenvalue weighted by atomic mass is 10.00. The van der Waals surface area contributed by atoms with Gasteiger partial charge in [-0.05, 0) is 55.3 Å². The Labute approximate surface area is 178 Å². The van der Waals surface area contributed by atoms with E-state index in [1.54, 1.807) is 24.4 Å². The van der Waals surface area contributed by atoms with E-state index in [1.807, 2.05) is 26.0 Å². The van der Waals surface area contributed by atoms with Crippen molar-refractivity contribution in [1.82, 2.24) is 15.5 Å². The number of hydrogen-bond acceptors (Lipinski definition) is 6. The molecule has 3 aromatic rings. The third-order valence-electron chi connectivity index (χ3n) is 4.92. The number of benzene rings is 1. The van der Waals surface area contributed by atoms with Crippen molar-refractivity contribution in [3.8, 4) is 16.9 Å². The molecule has 1 atom stereocenters. The first-order valence-corrected chi connectivity index (χ1v) is 9.88. The van der Waals surface area contributed by atoms with Gasteiger partial charge in [0.05, 0.1) is 17.3 Å². The number of nitrogen functional groups attached to an aromatic ring is 1. The highest BCUT2D eigenvalue weighted by Crippen LogP contribution is 2.40. The molecule has 8 heteroatoms. The van der Waals surface area contributed by atoms with Gasteiger partial charge in [0.1, 0.15) is 23.4 Å². The van der Waals surface area contributed by atoms with Crippen molar-refractivity contribution in [2.75, 3.05) is 12.3 Å². The summed E-state index contributed by atoms with van der Waals surface area (Å²) in [6.07, 6.45) is 5.20. The van der Waals surface area contributed by atoms with Crippen LogP contribution < -0.4 is 15.8 Å². The fourth-order valence-corrected chi connectivity index (χ4v) is 3.78. The maximum absolute atomic E-state index is 12.1. The van der Waals surface area contributed by atoms with E-state index in [0.29, 0.717) is 29.6 Å². The Kier molecular flexibility index (Phi) is 5.46. The normalized spacial score (nSPS) is 15.2. The minimum Gasteiger partial charge on any atom is -0.486 e. The van der Waals surface area contributed by atoms with Crippen molar-refractivity contribution in [3.63, 3.8) is 0 Å². The summed E-state index contributed by atoms with van der Waals surface area (Å²) in [5, 5.41) is 7.40. The summed E-state index contributed by atoms with van der Waals surface area (Å²) in [7, 11) is 0. The van der Waals surface area contributed by atoms with Crippen LogP contribution in [0.15, 0.2) is 41.1 Å². The maximum atomic E-state index is 12.1. The second-order valence-electron chi connectivity index (χ2n) is 7.18. The average molecular weight is 425 g/mol. The van der Waals surface area contributed by atoms with Gasteiger partial charge in [0.25, 0.3) is 0 Å². The van der Waals surface area contributed by atoms with E-state index < -0.39 is 0 Å². The summed E-state index contributed by atoms with van der Waals surface area (Å²) in [6, 6.07) is 7.38. The molecule has 1 aliphatic heterocycles. The van der Waals surface area contributed by atoms with Crippen LogP contribution in [0.1, 0.15) is 22.6 Å². The molecule has 0 spiro atoms. The molecule has 2 aromatic heterocycles. The molecule has 1 amide bonds. The Morgan fingerprint density at radius 3 is 2.90 bits per heavy atom. The number of nitrogens with two attached hydrogens (primary N) is 1. The lowest BCUT2D eigenvalue weighted by Gasteiger charge is -2.11. The number of hydrogen-bond donors (Lipinski definition) is 2. The van der Waals surface area contributed by atoms with Gasteiger partial charge in [0.2, 0.25) is 5.91 Å². The molecule has 0 fully saturated rings. The van der Waals surface area contributed by atoms with Crippen LogP contribution in [0.5, 0.6) is 5.75 Å². The number of halogens is 1. The second kappa shape index (κ2) is 8.20. The predicted octanol–water partition coefficient (Wildman–Crippen LogP) is 3.72. The fraction of sp³-hybridized carbons (Fsp3) is 0.227. The molecule has 154 valence electrons. The summed E-state index contributed by atoms with van der Waals surface area (Å²) >= 11 is 6.46. The van der Waals surface area contributed by atoms with E-state index in [1.165, 1.54) is 6.08 Å². The average Bonchev–Trinajstić information content (AvgIpc) is 3.28. The van der Waals surface area contributed by atoms with Crippen molar-refractivity contribution in [3.05, 3.63) is 64.1 Å². The maximum Gasteiger partial charge on any atom is 0.244 e. The van der Waals surface area contributed by atoms with E-state index >= 15 is 0 Å². The molecular formula is C22H21ClN4O3. The SMILES string of the molecule is Cc1noc(C)c1-c1cc(Cl)c2c(c1)CC(CNC(=O)C=Cc1ccc(N)nc1)O2. The van der Waals surface area contributed by atoms with E-state index in [2.05, 4.69) is 15.5 Å². The molecule has 3 heterocycles. The molecule has 0 saturated carbocycles. The number of ether oxygens (including phenoxy) is 1. The van der Waals surface area contributed by atoms with Crippen LogP contribution in [0.3, 0.4) is 0 Å². The summed E-state index contributed by atoms with van der Waals surface area (Å²) < 4.78 is 11.2. The third kappa shape index (κ3) is 4.16. The Hall–Kier alpha value is -3.32. The van der Waals surface area contributed by atoms with E-state index in [-0.39, 0.29) is 12.0 Å². The number of pyridine rings is 1. The lowest BCUT2D eigenvalue weighted by molar-refractivity contribution is -0.116. The summed E-state index contributed by atoms with van der Waals surface area (Å²) in [6.45, 7) is 4.14. The molecule has 1 aliphatic rings. The molecule has 0 aliphatic carbocycles. The zero-order valence-electron chi connectivity index (χ0n) is 16.6. The van der Waals surface area contributed by atoms with Crippen LogP contribution in [0.25, 0.3) is 17.2 Å². The molecule has 7 nitrogen and oxygen atoms in total. The van der Waals surface area contributed by atoms with Crippen LogP contribution in [-0.4, -0.2) is 28.7 Å². The van der Waals surface area contributed by atoms with Crippen LogP contribution in [0, 0.1) is 13.8 Å². The molecule has 3 N–H and O–H groups in total. The van der Waals surface area contributed by atoms with Crippen LogP contribution in [0.2, 0.25) is 5.02 Å². The largest absolute Gasteiger partial charge is 0.486 e. The lowest BCUT2D eigenvalue weighted by Crippen LogP contribution is -2.33. The topological polar surface area (TPSA) is 103 Å². The molecular weight excluding hydrogens is 404 g/mol. The Balaban J connectivity index is 1.39. The smallest absolute Gasteiger partial charge is 0.244 e. The van der Waals surface area contributed by atoms with Gasteiger partial charge < -0.3 is 20.3 Å². The zero-order chi connectivity index (χ0) is 21.3. The van der Waals surface area contributed by atoms with Crippen molar-refractivity contribution >= 4 is 29.4 Å². The van der Waals surface area contributed by atoms with E-state index in [9.17, 15) is 4.79 Å². The first-order valence-electron chi connectivity index (χ1n) is 9.50. The highest BCUT2D eigenvalue weighted by molar-refractivity contribution is 6.32.